The number of nitrogens with zero attached hydrogens (tertiary/aromatic N) is 1. The Bertz CT molecular complexity index is 165. The molecule has 0 unspecified atom stereocenters. The molecule has 76 valence electrons. The quantitative estimate of drug-likeness (QED) is 0.701. The highest BCUT2D eigenvalue weighted by Gasteiger charge is 2.43. The number of rotatable bonds is 2. The van der Waals surface area contributed by atoms with Gasteiger partial charge in [-0.15, -0.1) is 0 Å². The van der Waals surface area contributed by atoms with Gasteiger partial charge in [0.2, 0.25) is 0 Å². The van der Waals surface area contributed by atoms with Gasteiger partial charge in [-0.3, -0.25) is 0 Å². The van der Waals surface area contributed by atoms with E-state index in [0.29, 0.717) is 6.61 Å². The van der Waals surface area contributed by atoms with Crippen LogP contribution in [0.25, 0.3) is 0 Å². The SMILES string of the molecule is CC1CC2(CCN(CCO)CC2)C1. The second-order valence-electron chi connectivity index (χ2n) is 5.08. The standard InChI is InChI=1S/C11H21NO/c1-10-8-11(9-10)2-4-12(5-3-11)6-7-13/h10,13H,2-9H2,1H3. The zero-order chi connectivity index (χ0) is 9.31. The third-order valence-electron chi connectivity index (χ3n) is 3.90. The van der Waals surface area contributed by atoms with Gasteiger partial charge in [-0.25, -0.2) is 0 Å². The van der Waals surface area contributed by atoms with Crippen LogP contribution in [0, 0.1) is 11.3 Å². The Morgan fingerprint density at radius 2 is 1.92 bits per heavy atom. The Balaban J connectivity index is 1.77. The van der Waals surface area contributed by atoms with Crippen molar-refractivity contribution in [1.82, 2.24) is 4.90 Å². The predicted molar refractivity (Wildman–Crippen MR) is 53.6 cm³/mol. The molecule has 1 saturated heterocycles. The fourth-order valence-electron chi connectivity index (χ4n) is 3.22. The van der Waals surface area contributed by atoms with Crippen LogP contribution in [0.2, 0.25) is 0 Å². The highest BCUT2D eigenvalue weighted by Crippen LogP contribution is 2.52. The zero-order valence-electron chi connectivity index (χ0n) is 8.63. The summed E-state index contributed by atoms with van der Waals surface area (Å²) in [7, 11) is 0. The van der Waals surface area contributed by atoms with Crippen molar-refractivity contribution in [3.05, 3.63) is 0 Å². The van der Waals surface area contributed by atoms with Gasteiger partial charge in [-0.1, -0.05) is 6.92 Å². The number of piperidine rings is 1. The Hall–Kier alpha value is -0.0800. The van der Waals surface area contributed by atoms with Gasteiger partial charge in [0.15, 0.2) is 0 Å². The molecular weight excluding hydrogens is 162 g/mol. The molecule has 1 saturated carbocycles. The van der Waals surface area contributed by atoms with Gasteiger partial charge in [0.1, 0.15) is 0 Å². The van der Waals surface area contributed by atoms with Gasteiger partial charge in [0.05, 0.1) is 6.61 Å². The number of likely N-dealkylation sites (tertiary alicyclic amines) is 1. The second kappa shape index (κ2) is 3.58. The third-order valence-corrected chi connectivity index (χ3v) is 3.90. The van der Waals surface area contributed by atoms with E-state index >= 15 is 0 Å². The Kier molecular flexibility index (Phi) is 2.61. The number of β-amino-alcohol motifs (C(OH)–C–C–N with tert-alkyl or cyclic N) is 1. The van der Waals surface area contributed by atoms with E-state index in [4.69, 9.17) is 5.11 Å². The van der Waals surface area contributed by atoms with Crippen LogP contribution >= 0.6 is 0 Å². The number of hydrogen-bond donors (Lipinski definition) is 1. The summed E-state index contributed by atoms with van der Waals surface area (Å²) >= 11 is 0. The van der Waals surface area contributed by atoms with E-state index in [0.717, 1.165) is 17.9 Å². The number of aliphatic hydroxyl groups is 1. The molecule has 2 rings (SSSR count). The van der Waals surface area contributed by atoms with Crippen LogP contribution in [0.1, 0.15) is 32.6 Å². The van der Waals surface area contributed by atoms with Gasteiger partial charge in [0, 0.05) is 6.54 Å². The first-order chi connectivity index (χ1) is 6.24. The summed E-state index contributed by atoms with van der Waals surface area (Å²) in [6.07, 6.45) is 5.66. The first-order valence-electron chi connectivity index (χ1n) is 5.57. The van der Waals surface area contributed by atoms with E-state index in [2.05, 4.69) is 11.8 Å². The fourth-order valence-corrected chi connectivity index (χ4v) is 3.22. The lowest BCUT2D eigenvalue weighted by Gasteiger charge is -2.51. The molecule has 0 aromatic carbocycles. The van der Waals surface area contributed by atoms with Crippen LogP contribution in [0.4, 0.5) is 0 Å². The minimum atomic E-state index is 0.323. The molecule has 1 spiro atoms. The number of hydrogen-bond acceptors (Lipinski definition) is 2. The molecule has 0 atom stereocenters. The van der Waals surface area contributed by atoms with Crippen LogP contribution < -0.4 is 0 Å². The molecule has 13 heavy (non-hydrogen) atoms. The lowest BCUT2D eigenvalue weighted by molar-refractivity contribution is -0.00911. The van der Waals surface area contributed by atoms with E-state index in [9.17, 15) is 0 Å². The largest absolute Gasteiger partial charge is 0.395 e. The predicted octanol–water partition coefficient (Wildman–Crippen LogP) is 1.49. The molecule has 0 aromatic rings. The summed E-state index contributed by atoms with van der Waals surface area (Å²) < 4.78 is 0. The average molecular weight is 183 g/mol. The summed E-state index contributed by atoms with van der Waals surface area (Å²) in [6, 6.07) is 0. The maximum absolute atomic E-state index is 8.82. The smallest absolute Gasteiger partial charge is 0.0558 e. The lowest BCUT2D eigenvalue weighted by Crippen LogP contribution is -2.47. The van der Waals surface area contributed by atoms with E-state index in [1.807, 2.05) is 0 Å². The molecule has 2 fully saturated rings. The van der Waals surface area contributed by atoms with Crippen molar-refractivity contribution in [2.24, 2.45) is 11.3 Å². The van der Waals surface area contributed by atoms with Crippen molar-refractivity contribution in [2.45, 2.75) is 32.6 Å². The summed E-state index contributed by atoms with van der Waals surface area (Å²) in [5, 5.41) is 8.82. The van der Waals surface area contributed by atoms with Crippen LogP contribution in [-0.2, 0) is 0 Å². The topological polar surface area (TPSA) is 23.5 Å². The molecule has 1 aliphatic carbocycles. The molecule has 2 heteroatoms. The van der Waals surface area contributed by atoms with Crippen molar-refractivity contribution < 1.29 is 5.11 Å². The van der Waals surface area contributed by atoms with Crippen LogP contribution in [0.15, 0.2) is 0 Å². The Labute approximate surface area is 80.9 Å². The first-order valence-corrected chi connectivity index (χ1v) is 5.57. The van der Waals surface area contributed by atoms with Crippen molar-refractivity contribution in [3.63, 3.8) is 0 Å². The molecule has 0 amide bonds. The summed E-state index contributed by atoms with van der Waals surface area (Å²) in [6.45, 7) is 6.00. The van der Waals surface area contributed by atoms with Gasteiger partial charge in [-0.2, -0.15) is 0 Å². The normalized spacial score (nSPS) is 29.1. The van der Waals surface area contributed by atoms with Crippen LogP contribution in [-0.4, -0.2) is 36.2 Å². The summed E-state index contributed by atoms with van der Waals surface area (Å²) in [5.41, 5.74) is 0.728. The zero-order valence-corrected chi connectivity index (χ0v) is 8.63. The fraction of sp³-hybridized carbons (Fsp3) is 1.00. The molecular formula is C11H21NO. The summed E-state index contributed by atoms with van der Waals surface area (Å²) in [5.74, 6) is 0.976. The maximum atomic E-state index is 8.82. The Morgan fingerprint density at radius 1 is 1.31 bits per heavy atom. The molecule has 2 aliphatic rings. The lowest BCUT2D eigenvalue weighted by atomic mass is 9.58. The van der Waals surface area contributed by atoms with E-state index in [-0.39, 0.29) is 0 Å². The van der Waals surface area contributed by atoms with E-state index < -0.39 is 0 Å². The van der Waals surface area contributed by atoms with Gasteiger partial charge < -0.3 is 10.0 Å². The number of aliphatic hydroxyl groups excluding tert-OH is 1. The van der Waals surface area contributed by atoms with Crippen molar-refractivity contribution >= 4 is 0 Å². The Morgan fingerprint density at radius 3 is 2.38 bits per heavy atom. The van der Waals surface area contributed by atoms with Gasteiger partial charge in [0.25, 0.3) is 0 Å². The molecule has 0 radical (unpaired) electrons. The molecule has 1 aliphatic heterocycles. The third kappa shape index (κ3) is 1.89. The maximum Gasteiger partial charge on any atom is 0.0558 e. The first kappa shape index (κ1) is 9.47. The van der Waals surface area contributed by atoms with Crippen molar-refractivity contribution in [3.8, 4) is 0 Å². The monoisotopic (exact) mass is 183 g/mol. The van der Waals surface area contributed by atoms with Gasteiger partial charge >= 0.3 is 0 Å². The van der Waals surface area contributed by atoms with Crippen LogP contribution in [0.5, 0.6) is 0 Å². The van der Waals surface area contributed by atoms with Gasteiger partial charge in [-0.05, 0) is 50.1 Å². The second-order valence-corrected chi connectivity index (χ2v) is 5.08. The molecule has 2 nitrogen and oxygen atoms in total. The highest BCUT2D eigenvalue weighted by molar-refractivity contribution is 4.95. The average Bonchev–Trinajstić information content (AvgIpc) is 2.07. The summed E-state index contributed by atoms with van der Waals surface area (Å²) in [4.78, 5) is 2.40. The van der Waals surface area contributed by atoms with Crippen molar-refractivity contribution in [2.75, 3.05) is 26.2 Å². The van der Waals surface area contributed by atoms with E-state index in [1.165, 1.54) is 38.8 Å². The highest BCUT2D eigenvalue weighted by atomic mass is 16.3. The van der Waals surface area contributed by atoms with Crippen LogP contribution in [0.3, 0.4) is 0 Å². The molecule has 0 aromatic heterocycles. The molecule has 0 bridgehead atoms. The minimum Gasteiger partial charge on any atom is -0.395 e. The molecule has 1 heterocycles. The van der Waals surface area contributed by atoms with Crippen molar-refractivity contribution in [1.29, 1.82) is 0 Å². The molecule has 1 N–H and O–H groups in total. The minimum absolute atomic E-state index is 0.323. The van der Waals surface area contributed by atoms with E-state index in [1.54, 1.807) is 0 Å².